The Morgan fingerprint density at radius 3 is 2.57 bits per heavy atom. The van der Waals surface area contributed by atoms with Gasteiger partial charge in [-0.15, -0.1) is 0 Å². The van der Waals surface area contributed by atoms with Gasteiger partial charge >= 0.3 is 0 Å². The summed E-state index contributed by atoms with van der Waals surface area (Å²) in [6.07, 6.45) is 2.07. The molecule has 2 aromatic carbocycles. The fraction of sp³-hybridized carbons (Fsp3) is 0.278. The monoisotopic (exact) mass is 351 g/mol. The van der Waals surface area contributed by atoms with Crippen LogP contribution in [0, 0.1) is 6.92 Å². The van der Waals surface area contributed by atoms with Gasteiger partial charge in [0.15, 0.2) is 0 Å². The Labute approximate surface area is 146 Å². The van der Waals surface area contributed by atoms with Gasteiger partial charge in [-0.1, -0.05) is 35.3 Å². The van der Waals surface area contributed by atoms with E-state index in [4.69, 9.17) is 27.9 Å². The number of methoxy groups -OCH3 is 1. The zero-order chi connectivity index (χ0) is 16.8. The number of carbonyl (C=O) groups excluding carboxylic acids is 1. The van der Waals surface area contributed by atoms with Gasteiger partial charge in [-0.3, -0.25) is 4.79 Å². The molecule has 0 fully saturated rings. The smallest absolute Gasteiger partial charge is 0.224 e. The first-order chi connectivity index (χ1) is 11.0. The first kappa shape index (κ1) is 17.6. The summed E-state index contributed by atoms with van der Waals surface area (Å²) < 4.78 is 5.24. The highest BCUT2D eigenvalue weighted by atomic mass is 35.5. The molecular weight excluding hydrogens is 333 g/mol. The van der Waals surface area contributed by atoms with E-state index in [0.717, 1.165) is 24.2 Å². The second-order valence-electron chi connectivity index (χ2n) is 5.33. The average Bonchev–Trinajstić information content (AvgIpc) is 2.51. The van der Waals surface area contributed by atoms with Crippen LogP contribution in [0.2, 0.25) is 10.0 Å². The molecule has 122 valence electrons. The SMILES string of the molecule is COc1ccc(CCCC(=O)Nc2ccc(Cl)c(Cl)c2)cc1C. The molecule has 3 nitrogen and oxygen atoms in total. The largest absolute Gasteiger partial charge is 0.496 e. The van der Waals surface area contributed by atoms with Crippen molar-refractivity contribution in [3.8, 4) is 5.75 Å². The number of rotatable bonds is 6. The maximum Gasteiger partial charge on any atom is 0.224 e. The molecule has 1 N–H and O–H groups in total. The Morgan fingerprint density at radius 2 is 1.91 bits per heavy atom. The summed E-state index contributed by atoms with van der Waals surface area (Å²) in [6, 6.07) is 11.1. The highest BCUT2D eigenvalue weighted by Crippen LogP contribution is 2.25. The first-order valence-corrected chi connectivity index (χ1v) is 8.13. The zero-order valence-electron chi connectivity index (χ0n) is 13.2. The van der Waals surface area contributed by atoms with E-state index in [1.165, 1.54) is 5.56 Å². The van der Waals surface area contributed by atoms with Crippen LogP contribution < -0.4 is 10.1 Å². The Bertz CT molecular complexity index is 701. The average molecular weight is 352 g/mol. The van der Waals surface area contributed by atoms with Crippen molar-refractivity contribution in [1.82, 2.24) is 0 Å². The van der Waals surface area contributed by atoms with Gasteiger partial charge in [-0.05, 0) is 55.2 Å². The van der Waals surface area contributed by atoms with Gasteiger partial charge in [0.1, 0.15) is 5.75 Å². The van der Waals surface area contributed by atoms with Gasteiger partial charge in [0.2, 0.25) is 5.91 Å². The van der Waals surface area contributed by atoms with Crippen molar-refractivity contribution in [2.75, 3.05) is 12.4 Å². The summed E-state index contributed by atoms with van der Waals surface area (Å²) >= 11 is 11.8. The van der Waals surface area contributed by atoms with Crippen molar-refractivity contribution >= 4 is 34.8 Å². The molecule has 0 aliphatic rings. The molecule has 23 heavy (non-hydrogen) atoms. The predicted octanol–water partition coefficient (Wildman–Crippen LogP) is 5.27. The van der Waals surface area contributed by atoms with Crippen LogP contribution in [0.1, 0.15) is 24.0 Å². The molecule has 0 spiro atoms. The van der Waals surface area contributed by atoms with E-state index in [0.29, 0.717) is 22.2 Å². The van der Waals surface area contributed by atoms with Crippen LogP contribution in [-0.4, -0.2) is 13.0 Å². The number of benzene rings is 2. The van der Waals surface area contributed by atoms with Gasteiger partial charge in [0.25, 0.3) is 0 Å². The molecule has 0 bridgehead atoms. The van der Waals surface area contributed by atoms with Crippen molar-refractivity contribution in [1.29, 1.82) is 0 Å². The lowest BCUT2D eigenvalue weighted by Crippen LogP contribution is -2.11. The number of anilines is 1. The molecule has 0 radical (unpaired) electrons. The maximum atomic E-state index is 12.0. The van der Waals surface area contributed by atoms with Gasteiger partial charge in [0, 0.05) is 12.1 Å². The highest BCUT2D eigenvalue weighted by Gasteiger charge is 2.06. The first-order valence-electron chi connectivity index (χ1n) is 7.38. The molecule has 0 atom stereocenters. The quantitative estimate of drug-likeness (QED) is 0.769. The normalized spacial score (nSPS) is 10.4. The lowest BCUT2D eigenvalue weighted by Gasteiger charge is -2.08. The minimum Gasteiger partial charge on any atom is -0.496 e. The van der Waals surface area contributed by atoms with Crippen molar-refractivity contribution in [3.05, 3.63) is 57.6 Å². The van der Waals surface area contributed by atoms with Crippen LogP contribution in [-0.2, 0) is 11.2 Å². The molecule has 0 saturated carbocycles. The summed E-state index contributed by atoms with van der Waals surface area (Å²) in [7, 11) is 1.66. The molecule has 0 saturated heterocycles. The van der Waals surface area contributed by atoms with E-state index in [1.807, 2.05) is 19.1 Å². The lowest BCUT2D eigenvalue weighted by atomic mass is 10.0. The van der Waals surface area contributed by atoms with Crippen molar-refractivity contribution in [3.63, 3.8) is 0 Å². The summed E-state index contributed by atoms with van der Waals surface area (Å²) in [6.45, 7) is 2.01. The van der Waals surface area contributed by atoms with E-state index in [1.54, 1.807) is 25.3 Å². The topological polar surface area (TPSA) is 38.3 Å². The molecule has 5 heteroatoms. The van der Waals surface area contributed by atoms with Crippen molar-refractivity contribution in [2.24, 2.45) is 0 Å². The van der Waals surface area contributed by atoms with Crippen LogP contribution in [0.4, 0.5) is 5.69 Å². The van der Waals surface area contributed by atoms with Crippen LogP contribution in [0.25, 0.3) is 0 Å². The van der Waals surface area contributed by atoms with Gasteiger partial charge < -0.3 is 10.1 Å². The van der Waals surface area contributed by atoms with E-state index in [-0.39, 0.29) is 5.91 Å². The number of nitrogens with one attached hydrogen (secondary N) is 1. The maximum absolute atomic E-state index is 12.0. The standard InChI is InChI=1S/C18H19Cl2NO2/c1-12-10-13(6-9-17(12)23-2)4-3-5-18(22)21-14-7-8-15(19)16(20)11-14/h6-11H,3-5H2,1-2H3,(H,21,22). The summed E-state index contributed by atoms with van der Waals surface area (Å²) in [4.78, 5) is 12.0. The number of amides is 1. The van der Waals surface area contributed by atoms with E-state index in [2.05, 4.69) is 11.4 Å². The number of ether oxygens (including phenoxy) is 1. The lowest BCUT2D eigenvalue weighted by molar-refractivity contribution is -0.116. The fourth-order valence-corrected chi connectivity index (χ4v) is 2.64. The third-order valence-electron chi connectivity index (χ3n) is 3.53. The molecule has 0 heterocycles. The van der Waals surface area contributed by atoms with Crippen LogP contribution >= 0.6 is 23.2 Å². The van der Waals surface area contributed by atoms with Crippen LogP contribution in [0.15, 0.2) is 36.4 Å². The highest BCUT2D eigenvalue weighted by molar-refractivity contribution is 6.42. The van der Waals surface area contributed by atoms with E-state index < -0.39 is 0 Å². The van der Waals surface area contributed by atoms with Crippen LogP contribution in [0.5, 0.6) is 5.75 Å². The number of aryl methyl sites for hydroxylation is 2. The summed E-state index contributed by atoms with van der Waals surface area (Å²) in [5.74, 6) is 0.847. The molecule has 0 aliphatic heterocycles. The van der Waals surface area contributed by atoms with Gasteiger partial charge in [-0.2, -0.15) is 0 Å². The fourth-order valence-electron chi connectivity index (χ4n) is 2.35. The van der Waals surface area contributed by atoms with E-state index in [9.17, 15) is 4.79 Å². The van der Waals surface area contributed by atoms with Gasteiger partial charge in [-0.25, -0.2) is 0 Å². The zero-order valence-corrected chi connectivity index (χ0v) is 14.7. The van der Waals surface area contributed by atoms with E-state index >= 15 is 0 Å². The number of hydrogen-bond acceptors (Lipinski definition) is 2. The molecule has 0 aromatic heterocycles. The number of hydrogen-bond donors (Lipinski definition) is 1. The number of halogens is 2. The van der Waals surface area contributed by atoms with Gasteiger partial charge in [0.05, 0.1) is 17.2 Å². The Morgan fingerprint density at radius 1 is 1.13 bits per heavy atom. The Hall–Kier alpha value is -1.71. The predicted molar refractivity (Wildman–Crippen MR) is 95.8 cm³/mol. The second-order valence-corrected chi connectivity index (χ2v) is 6.15. The molecule has 2 aromatic rings. The molecule has 2 rings (SSSR count). The Kier molecular flexibility index (Phi) is 6.31. The van der Waals surface area contributed by atoms with Crippen molar-refractivity contribution in [2.45, 2.75) is 26.2 Å². The van der Waals surface area contributed by atoms with Crippen molar-refractivity contribution < 1.29 is 9.53 Å². The molecule has 1 amide bonds. The second kappa shape index (κ2) is 8.23. The number of carbonyl (C=O) groups is 1. The summed E-state index contributed by atoms with van der Waals surface area (Å²) in [5.41, 5.74) is 2.96. The summed E-state index contributed by atoms with van der Waals surface area (Å²) in [5, 5.41) is 3.72. The third-order valence-corrected chi connectivity index (χ3v) is 4.27. The Balaban J connectivity index is 1.82. The molecule has 0 unspecified atom stereocenters. The third kappa shape index (κ3) is 5.15. The minimum absolute atomic E-state index is 0.0337. The minimum atomic E-state index is -0.0337. The molecule has 0 aliphatic carbocycles. The van der Waals surface area contributed by atoms with Crippen LogP contribution in [0.3, 0.4) is 0 Å². The molecular formula is C18H19Cl2NO2.